The largest absolute Gasteiger partial charge is 0.491 e. The highest BCUT2D eigenvalue weighted by Gasteiger charge is 2.18. The highest BCUT2D eigenvalue weighted by molar-refractivity contribution is 5.59. The van der Waals surface area contributed by atoms with Crippen LogP contribution in [0.3, 0.4) is 0 Å². The zero-order valence-electron chi connectivity index (χ0n) is 15.2. The maximum atomic E-state index is 10.4. The van der Waals surface area contributed by atoms with Crippen LogP contribution in [0.1, 0.15) is 11.1 Å². The summed E-state index contributed by atoms with van der Waals surface area (Å²) in [5.41, 5.74) is 4.52. The lowest BCUT2D eigenvalue weighted by molar-refractivity contribution is 0.0638. The minimum absolute atomic E-state index is 0.266. The number of rotatable bonds is 6. The third-order valence-corrected chi connectivity index (χ3v) is 4.81. The number of fused-ring (bicyclic) bond motifs is 1. The van der Waals surface area contributed by atoms with Crippen molar-refractivity contribution in [1.29, 1.82) is 0 Å². The molecule has 5 heteroatoms. The molecule has 3 aromatic rings. The van der Waals surface area contributed by atoms with E-state index in [9.17, 15) is 5.11 Å². The van der Waals surface area contributed by atoms with Crippen molar-refractivity contribution in [3.63, 3.8) is 0 Å². The Bertz CT molecular complexity index is 885. The second kappa shape index (κ2) is 8.29. The topological polar surface area (TPSA) is 58.5 Å². The van der Waals surface area contributed by atoms with E-state index >= 15 is 0 Å². The summed E-state index contributed by atoms with van der Waals surface area (Å²) in [5.74, 6) is 0.723. The first kappa shape index (κ1) is 17.6. The smallest absolute Gasteiger partial charge is 0.120 e. The number of aliphatic hydroxyl groups is 1. The maximum absolute atomic E-state index is 10.4. The van der Waals surface area contributed by atoms with Crippen LogP contribution in [0.4, 0.5) is 0 Å². The second-order valence-corrected chi connectivity index (χ2v) is 6.84. The molecule has 0 spiro atoms. The molecule has 1 unspecified atom stereocenters. The molecule has 1 aliphatic rings. The summed E-state index contributed by atoms with van der Waals surface area (Å²) in [4.78, 5) is 10.7. The van der Waals surface area contributed by atoms with E-state index in [0.717, 1.165) is 36.5 Å². The van der Waals surface area contributed by atoms with E-state index in [1.54, 1.807) is 18.6 Å². The molecule has 2 heterocycles. The Morgan fingerprint density at radius 1 is 1.07 bits per heavy atom. The van der Waals surface area contributed by atoms with Crippen LogP contribution in [0.2, 0.25) is 0 Å². The Labute approximate surface area is 159 Å². The average Bonchev–Trinajstić information content (AvgIpc) is 2.73. The lowest BCUT2D eigenvalue weighted by atomic mass is 10.00. The Kier molecular flexibility index (Phi) is 5.42. The number of aliphatic hydroxyl groups excluding tert-OH is 1. The summed E-state index contributed by atoms with van der Waals surface area (Å²) in [6.45, 7) is 2.73. The van der Waals surface area contributed by atoms with Crippen molar-refractivity contribution >= 4 is 0 Å². The van der Waals surface area contributed by atoms with Crippen molar-refractivity contribution in [1.82, 2.24) is 14.9 Å². The number of β-amino-alcohol motifs (C(OH)–C–C–N with tert-alkyl or cyclic N) is 1. The molecule has 5 nitrogen and oxygen atoms in total. The van der Waals surface area contributed by atoms with Gasteiger partial charge in [0.25, 0.3) is 0 Å². The van der Waals surface area contributed by atoms with Gasteiger partial charge in [0.1, 0.15) is 18.5 Å². The van der Waals surface area contributed by atoms with Crippen molar-refractivity contribution in [2.24, 2.45) is 0 Å². The predicted octanol–water partition coefficient (Wildman–Crippen LogP) is 2.94. The predicted molar refractivity (Wildman–Crippen MR) is 104 cm³/mol. The number of hydrogen-bond donors (Lipinski definition) is 1. The molecule has 27 heavy (non-hydrogen) atoms. The third kappa shape index (κ3) is 4.51. The fourth-order valence-electron chi connectivity index (χ4n) is 3.45. The van der Waals surface area contributed by atoms with E-state index in [0.29, 0.717) is 6.54 Å². The molecule has 0 radical (unpaired) electrons. The molecule has 138 valence electrons. The van der Waals surface area contributed by atoms with Gasteiger partial charge in [0.05, 0.1) is 11.9 Å². The average molecular weight is 361 g/mol. The second-order valence-electron chi connectivity index (χ2n) is 6.84. The quantitative estimate of drug-likeness (QED) is 0.732. The summed E-state index contributed by atoms with van der Waals surface area (Å²) in [6.07, 6.45) is 5.55. The summed E-state index contributed by atoms with van der Waals surface area (Å²) in [6, 6.07) is 16.2. The molecule has 0 fully saturated rings. The van der Waals surface area contributed by atoms with Crippen LogP contribution in [0.25, 0.3) is 11.3 Å². The molecule has 1 aliphatic heterocycles. The van der Waals surface area contributed by atoms with Gasteiger partial charge in [0, 0.05) is 37.6 Å². The zero-order chi connectivity index (χ0) is 18.5. The van der Waals surface area contributed by atoms with Gasteiger partial charge in [-0.05, 0) is 29.7 Å². The first-order valence-electron chi connectivity index (χ1n) is 9.24. The lowest BCUT2D eigenvalue weighted by Gasteiger charge is -2.30. The molecule has 0 amide bonds. The van der Waals surface area contributed by atoms with E-state index in [4.69, 9.17) is 4.74 Å². The molecule has 0 bridgehead atoms. The number of benzene rings is 2. The van der Waals surface area contributed by atoms with E-state index in [1.165, 1.54) is 11.1 Å². The van der Waals surface area contributed by atoms with Gasteiger partial charge in [-0.1, -0.05) is 36.4 Å². The first-order valence-corrected chi connectivity index (χ1v) is 9.24. The maximum Gasteiger partial charge on any atom is 0.120 e. The van der Waals surface area contributed by atoms with Gasteiger partial charge in [-0.25, -0.2) is 0 Å². The molecular weight excluding hydrogens is 338 g/mol. The Balaban J connectivity index is 1.32. The van der Waals surface area contributed by atoms with Crippen LogP contribution in [-0.4, -0.2) is 45.8 Å². The van der Waals surface area contributed by atoms with Crippen molar-refractivity contribution in [3.8, 4) is 17.0 Å². The van der Waals surface area contributed by atoms with Crippen LogP contribution in [0.15, 0.2) is 67.1 Å². The number of hydrogen-bond acceptors (Lipinski definition) is 5. The van der Waals surface area contributed by atoms with Crippen molar-refractivity contribution in [3.05, 3.63) is 78.2 Å². The molecular formula is C22H23N3O2. The highest BCUT2D eigenvalue weighted by Crippen LogP contribution is 2.22. The molecule has 2 aromatic carbocycles. The van der Waals surface area contributed by atoms with E-state index in [2.05, 4.69) is 39.1 Å². The molecule has 1 aromatic heterocycles. The van der Waals surface area contributed by atoms with Gasteiger partial charge in [-0.2, -0.15) is 0 Å². The van der Waals surface area contributed by atoms with Crippen LogP contribution < -0.4 is 4.74 Å². The van der Waals surface area contributed by atoms with E-state index in [1.807, 2.05) is 24.3 Å². The van der Waals surface area contributed by atoms with Crippen LogP contribution in [0.5, 0.6) is 5.75 Å². The standard InChI is InChI=1S/C22H23N3O2/c26-20(15-25-11-8-17-4-1-2-5-19(17)14-25)16-27-21-7-3-6-18(12-21)22-13-23-9-10-24-22/h1-7,9-10,12-13,20,26H,8,11,14-16H2. The molecule has 4 rings (SSSR count). The van der Waals surface area contributed by atoms with Crippen LogP contribution in [0, 0.1) is 0 Å². The van der Waals surface area contributed by atoms with E-state index < -0.39 is 6.10 Å². The minimum Gasteiger partial charge on any atom is -0.491 e. The normalized spacial score (nSPS) is 15.1. The van der Waals surface area contributed by atoms with E-state index in [-0.39, 0.29) is 6.61 Å². The summed E-state index contributed by atoms with van der Waals surface area (Å²) >= 11 is 0. The van der Waals surface area contributed by atoms with Gasteiger partial charge >= 0.3 is 0 Å². The number of ether oxygens (including phenoxy) is 1. The summed E-state index contributed by atoms with van der Waals surface area (Å²) in [7, 11) is 0. The highest BCUT2D eigenvalue weighted by atomic mass is 16.5. The number of aromatic nitrogens is 2. The fourth-order valence-corrected chi connectivity index (χ4v) is 3.45. The van der Waals surface area contributed by atoms with Crippen molar-refractivity contribution in [2.75, 3.05) is 19.7 Å². The van der Waals surface area contributed by atoms with Gasteiger partial charge in [-0.3, -0.25) is 14.9 Å². The molecule has 0 saturated carbocycles. The monoisotopic (exact) mass is 361 g/mol. The Morgan fingerprint density at radius 3 is 2.81 bits per heavy atom. The summed E-state index contributed by atoms with van der Waals surface area (Å²) in [5, 5.41) is 10.4. The minimum atomic E-state index is -0.532. The van der Waals surface area contributed by atoms with Crippen molar-refractivity contribution < 1.29 is 9.84 Å². The van der Waals surface area contributed by atoms with Crippen LogP contribution in [-0.2, 0) is 13.0 Å². The Hall–Kier alpha value is -2.76. The fraction of sp³-hybridized carbons (Fsp3) is 0.273. The van der Waals surface area contributed by atoms with Gasteiger partial charge in [-0.15, -0.1) is 0 Å². The molecule has 1 atom stereocenters. The van der Waals surface area contributed by atoms with Gasteiger partial charge in [0.15, 0.2) is 0 Å². The van der Waals surface area contributed by atoms with Crippen molar-refractivity contribution in [2.45, 2.75) is 19.1 Å². The van der Waals surface area contributed by atoms with Crippen LogP contribution >= 0.6 is 0 Å². The van der Waals surface area contributed by atoms with Gasteiger partial charge < -0.3 is 9.84 Å². The molecule has 0 saturated heterocycles. The Morgan fingerprint density at radius 2 is 1.96 bits per heavy atom. The molecule has 1 N–H and O–H groups in total. The number of nitrogens with zero attached hydrogens (tertiary/aromatic N) is 3. The third-order valence-electron chi connectivity index (χ3n) is 4.81. The summed E-state index contributed by atoms with van der Waals surface area (Å²) < 4.78 is 5.82. The molecule has 0 aliphatic carbocycles. The SMILES string of the molecule is OC(COc1cccc(-c2cnccn2)c1)CN1CCc2ccccc2C1. The first-order chi connectivity index (χ1) is 13.3. The zero-order valence-corrected chi connectivity index (χ0v) is 15.2. The lowest BCUT2D eigenvalue weighted by Crippen LogP contribution is -2.38. The van der Waals surface area contributed by atoms with Gasteiger partial charge in [0.2, 0.25) is 0 Å².